The van der Waals surface area contributed by atoms with Gasteiger partial charge in [-0.2, -0.15) is 0 Å². The Hall–Kier alpha value is -1.82. The van der Waals surface area contributed by atoms with E-state index in [0.29, 0.717) is 25.4 Å². The van der Waals surface area contributed by atoms with Crippen molar-refractivity contribution in [1.82, 2.24) is 9.88 Å². The van der Waals surface area contributed by atoms with Crippen LogP contribution in [0.25, 0.3) is 0 Å². The number of rotatable bonds is 4. The lowest BCUT2D eigenvalue weighted by molar-refractivity contribution is -0.136. The summed E-state index contributed by atoms with van der Waals surface area (Å²) in [6, 6.07) is 3.75. The summed E-state index contributed by atoms with van der Waals surface area (Å²) in [6.45, 7) is 5.62. The zero-order chi connectivity index (χ0) is 13.7. The van der Waals surface area contributed by atoms with Gasteiger partial charge in [-0.3, -0.25) is 4.79 Å². The maximum Gasteiger partial charge on any atom is 0.248 e. The van der Waals surface area contributed by atoms with E-state index in [0.717, 1.165) is 18.9 Å². The number of carbonyl (C=O) groups is 1. The lowest BCUT2D eigenvalue weighted by Crippen LogP contribution is -2.50. The van der Waals surface area contributed by atoms with Gasteiger partial charge in [0.25, 0.3) is 0 Å². The van der Waals surface area contributed by atoms with Gasteiger partial charge in [-0.05, 0) is 19.1 Å². The fraction of sp³-hybridized carbons (Fsp3) is 0.538. The Morgan fingerprint density at radius 2 is 2.11 bits per heavy atom. The number of hydrogen-bond acceptors (Lipinski definition) is 5. The number of anilines is 2. The zero-order valence-corrected chi connectivity index (χ0v) is 11.2. The predicted molar refractivity (Wildman–Crippen MR) is 73.9 cm³/mol. The monoisotopic (exact) mass is 264 g/mol. The minimum Gasteiger partial charge on any atom is -0.397 e. The first-order chi connectivity index (χ1) is 9.20. The molecular weight excluding hydrogens is 244 g/mol. The number of pyridine rings is 1. The lowest BCUT2D eigenvalue weighted by atomic mass is 10.3. The number of carbonyl (C=O) groups excluding carboxylic acids is 1. The molecule has 1 aliphatic heterocycles. The molecule has 2 N–H and O–H groups in total. The third-order valence-electron chi connectivity index (χ3n) is 3.16. The number of nitrogen functional groups attached to an aromatic ring is 1. The third kappa shape index (κ3) is 3.57. The van der Waals surface area contributed by atoms with E-state index in [1.54, 1.807) is 6.20 Å². The molecule has 2 heterocycles. The highest BCUT2D eigenvalue weighted by molar-refractivity contribution is 5.77. The fourth-order valence-corrected chi connectivity index (χ4v) is 2.05. The van der Waals surface area contributed by atoms with Crippen LogP contribution in [0.1, 0.15) is 6.92 Å². The Bertz CT molecular complexity index is 413. The van der Waals surface area contributed by atoms with Gasteiger partial charge >= 0.3 is 0 Å². The van der Waals surface area contributed by atoms with Crippen LogP contribution in [0.2, 0.25) is 0 Å². The Kier molecular flexibility index (Phi) is 4.57. The van der Waals surface area contributed by atoms with Crippen LogP contribution in [0.3, 0.4) is 0 Å². The number of nitrogens with two attached hydrogens (primary N) is 1. The highest BCUT2D eigenvalue weighted by Gasteiger charge is 2.21. The van der Waals surface area contributed by atoms with Crippen LogP contribution < -0.4 is 10.6 Å². The Balaban J connectivity index is 1.85. The van der Waals surface area contributed by atoms with Crippen molar-refractivity contribution in [3.8, 4) is 0 Å². The third-order valence-corrected chi connectivity index (χ3v) is 3.16. The molecule has 0 unspecified atom stereocenters. The average molecular weight is 264 g/mol. The van der Waals surface area contributed by atoms with E-state index < -0.39 is 0 Å². The first-order valence-corrected chi connectivity index (χ1v) is 6.52. The summed E-state index contributed by atoms with van der Waals surface area (Å²) >= 11 is 0. The van der Waals surface area contributed by atoms with Gasteiger partial charge in [-0.1, -0.05) is 0 Å². The number of ether oxygens (including phenoxy) is 1. The fourth-order valence-electron chi connectivity index (χ4n) is 2.05. The van der Waals surface area contributed by atoms with Gasteiger partial charge in [0.2, 0.25) is 5.91 Å². The molecule has 1 aromatic rings. The minimum atomic E-state index is 0.0618. The van der Waals surface area contributed by atoms with Gasteiger partial charge in [0.1, 0.15) is 12.4 Å². The van der Waals surface area contributed by atoms with Crippen molar-refractivity contribution in [2.24, 2.45) is 0 Å². The first-order valence-electron chi connectivity index (χ1n) is 6.52. The van der Waals surface area contributed by atoms with Crippen LogP contribution in [-0.2, 0) is 9.53 Å². The largest absolute Gasteiger partial charge is 0.397 e. The van der Waals surface area contributed by atoms with E-state index in [-0.39, 0.29) is 12.5 Å². The van der Waals surface area contributed by atoms with Crippen LogP contribution in [-0.4, -0.2) is 55.2 Å². The predicted octanol–water partition coefficient (Wildman–Crippen LogP) is 0.349. The smallest absolute Gasteiger partial charge is 0.248 e. The zero-order valence-electron chi connectivity index (χ0n) is 11.2. The Morgan fingerprint density at radius 3 is 2.68 bits per heavy atom. The van der Waals surface area contributed by atoms with Crippen molar-refractivity contribution < 1.29 is 9.53 Å². The van der Waals surface area contributed by atoms with Gasteiger partial charge in [-0.15, -0.1) is 0 Å². The Labute approximate surface area is 113 Å². The highest BCUT2D eigenvalue weighted by atomic mass is 16.5. The van der Waals surface area contributed by atoms with Crippen molar-refractivity contribution in [3.63, 3.8) is 0 Å². The summed E-state index contributed by atoms with van der Waals surface area (Å²) in [6.07, 6.45) is 1.65. The van der Waals surface area contributed by atoms with Gasteiger partial charge in [-0.25, -0.2) is 4.98 Å². The maximum atomic E-state index is 11.8. The van der Waals surface area contributed by atoms with Crippen LogP contribution >= 0.6 is 0 Å². The number of nitrogens with zero attached hydrogens (tertiary/aromatic N) is 3. The number of piperazine rings is 1. The van der Waals surface area contributed by atoms with E-state index >= 15 is 0 Å². The number of amides is 1. The molecule has 0 saturated carbocycles. The van der Waals surface area contributed by atoms with Gasteiger partial charge in [0, 0.05) is 32.8 Å². The van der Waals surface area contributed by atoms with Crippen molar-refractivity contribution in [2.45, 2.75) is 6.92 Å². The van der Waals surface area contributed by atoms with Crippen LogP contribution in [0, 0.1) is 0 Å². The van der Waals surface area contributed by atoms with Gasteiger partial charge in [0.15, 0.2) is 0 Å². The molecule has 1 fully saturated rings. The molecule has 6 heteroatoms. The molecule has 0 radical (unpaired) electrons. The Morgan fingerprint density at radius 1 is 1.37 bits per heavy atom. The molecule has 0 aromatic carbocycles. The standard InChI is InChI=1S/C13H20N4O2/c1-2-19-10-13(18)17-7-5-16(6-8-17)12-4-3-11(14)9-15-12/h3-4,9H,2,5-8,10,14H2,1H3. The van der Waals surface area contributed by atoms with E-state index in [9.17, 15) is 4.79 Å². The van der Waals surface area contributed by atoms with E-state index in [1.807, 2.05) is 24.0 Å². The molecule has 1 saturated heterocycles. The lowest BCUT2D eigenvalue weighted by Gasteiger charge is -2.35. The van der Waals surface area contributed by atoms with Crippen molar-refractivity contribution in [2.75, 3.05) is 50.0 Å². The molecular formula is C13H20N4O2. The summed E-state index contributed by atoms with van der Waals surface area (Å²) in [4.78, 5) is 20.1. The summed E-state index contributed by atoms with van der Waals surface area (Å²) < 4.78 is 5.14. The molecule has 0 atom stereocenters. The molecule has 1 aromatic heterocycles. The maximum absolute atomic E-state index is 11.8. The second-order valence-electron chi connectivity index (χ2n) is 4.45. The van der Waals surface area contributed by atoms with E-state index in [1.165, 1.54) is 0 Å². The van der Waals surface area contributed by atoms with Crippen molar-refractivity contribution >= 4 is 17.4 Å². The molecule has 104 valence electrons. The SMILES string of the molecule is CCOCC(=O)N1CCN(c2ccc(N)cn2)CC1. The average Bonchev–Trinajstić information content (AvgIpc) is 2.46. The topological polar surface area (TPSA) is 71.7 Å². The van der Waals surface area contributed by atoms with Crippen LogP contribution in [0.4, 0.5) is 11.5 Å². The summed E-state index contributed by atoms with van der Waals surface area (Å²) in [5.74, 6) is 0.970. The molecule has 6 nitrogen and oxygen atoms in total. The van der Waals surface area contributed by atoms with E-state index in [4.69, 9.17) is 10.5 Å². The molecule has 0 spiro atoms. The summed E-state index contributed by atoms with van der Waals surface area (Å²) in [5, 5.41) is 0. The number of hydrogen-bond donors (Lipinski definition) is 1. The molecule has 1 amide bonds. The first kappa shape index (κ1) is 13.6. The summed E-state index contributed by atoms with van der Waals surface area (Å²) in [7, 11) is 0. The van der Waals surface area contributed by atoms with Crippen LogP contribution in [0.5, 0.6) is 0 Å². The molecule has 19 heavy (non-hydrogen) atoms. The van der Waals surface area contributed by atoms with Crippen LogP contribution in [0.15, 0.2) is 18.3 Å². The van der Waals surface area contributed by atoms with Gasteiger partial charge < -0.3 is 20.3 Å². The second-order valence-corrected chi connectivity index (χ2v) is 4.45. The second kappa shape index (κ2) is 6.38. The molecule has 2 rings (SSSR count). The summed E-state index contributed by atoms with van der Waals surface area (Å²) in [5.41, 5.74) is 6.28. The minimum absolute atomic E-state index is 0.0618. The molecule has 0 bridgehead atoms. The number of aromatic nitrogens is 1. The quantitative estimate of drug-likeness (QED) is 0.849. The normalized spacial score (nSPS) is 15.6. The van der Waals surface area contributed by atoms with Crippen molar-refractivity contribution in [3.05, 3.63) is 18.3 Å². The van der Waals surface area contributed by atoms with Crippen molar-refractivity contribution in [1.29, 1.82) is 0 Å². The molecule has 0 aliphatic carbocycles. The molecule has 1 aliphatic rings. The van der Waals surface area contributed by atoms with E-state index in [2.05, 4.69) is 9.88 Å². The van der Waals surface area contributed by atoms with Gasteiger partial charge in [0.05, 0.1) is 11.9 Å². The highest BCUT2D eigenvalue weighted by Crippen LogP contribution is 2.14.